The van der Waals surface area contributed by atoms with Crippen LogP contribution in [0.15, 0.2) is 121 Å². The molecule has 0 bridgehead atoms. The smallest absolute Gasteiger partial charge is 0.119 e. The lowest BCUT2D eigenvalue weighted by molar-refractivity contribution is 0.138. The zero-order valence-corrected chi connectivity index (χ0v) is 29.3. The molecule has 0 fully saturated rings. The molecule has 0 radical (unpaired) electrons. The number of fused-ring (bicyclic) bond motifs is 3. The van der Waals surface area contributed by atoms with Crippen molar-refractivity contribution in [2.24, 2.45) is 0 Å². The lowest BCUT2D eigenvalue weighted by atomic mass is 9.68. The molecular formula is C43H52N2O4. The Balaban J connectivity index is 1.24. The SMILES string of the molecule is C=C(C)CCOCCNCCOc1ccc(C2(c3ccc(OCCNCCOCCC(=C)C)cc3)c3ccccc3-c3ccccc32)cc1. The van der Waals surface area contributed by atoms with Gasteiger partial charge in [-0.15, -0.1) is 13.2 Å². The molecule has 0 unspecified atom stereocenters. The second-order valence-corrected chi connectivity index (χ2v) is 12.7. The summed E-state index contributed by atoms with van der Waals surface area (Å²) in [6.07, 6.45) is 1.81. The van der Waals surface area contributed by atoms with Gasteiger partial charge in [-0.05, 0) is 84.3 Å². The zero-order chi connectivity index (χ0) is 34.3. The first-order valence-electron chi connectivity index (χ1n) is 17.5. The standard InChI is InChI=1S/C43H52N2O4/c1-33(2)21-27-46-29-23-44-25-31-48-37-17-13-35(14-18-37)43(41-11-7-5-9-39(41)40-10-6-8-12-42(40)43)36-15-19-38(20-16-36)49-32-26-45-24-30-47-28-22-34(3)4/h5-20,44-45H,1,3,21-32H2,2,4H3. The molecular weight excluding hydrogens is 608 g/mol. The number of benzene rings is 4. The maximum absolute atomic E-state index is 6.12. The van der Waals surface area contributed by atoms with Crippen molar-refractivity contribution in [1.29, 1.82) is 0 Å². The van der Waals surface area contributed by atoms with Gasteiger partial charge in [0.15, 0.2) is 0 Å². The molecule has 0 saturated heterocycles. The van der Waals surface area contributed by atoms with Crippen LogP contribution in [0.2, 0.25) is 0 Å². The summed E-state index contributed by atoms with van der Waals surface area (Å²) in [5.41, 5.74) is 9.32. The number of hydrogen-bond acceptors (Lipinski definition) is 6. The first-order valence-corrected chi connectivity index (χ1v) is 17.5. The molecule has 5 rings (SSSR count). The highest BCUT2D eigenvalue weighted by Gasteiger charge is 2.45. The monoisotopic (exact) mass is 660 g/mol. The van der Waals surface area contributed by atoms with Gasteiger partial charge in [-0.1, -0.05) is 83.9 Å². The largest absolute Gasteiger partial charge is 0.492 e. The van der Waals surface area contributed by atoms with Crippen LogP contribution in [0.4, 0.5) is 0 Å². The van der Waals surface area contributed by atoms with Gasteiger partial charge in [-0.2, -0.15) is 0 Å². The van der Waals surface area contributed by atoms with E-state index in [4.69, 9.17) is 18.9 Å². The Morgan fingerprint density at radius 3 is 1.31 bits per heavy atom. The van der Waals surface area contributed by atoms with E-state index < -0.39 is 5.41 Å². The summed E-state index contributed by atoms with van der Waals surface area (Å²) in [5, 5.41) is 6.78. The second kappa shape index (κ2) is 18.5. The minimum Gasteiger partial charge on any atom is -0.492 e. The number of hydrogen-bond donors (Lipinski definition) is 2. The predicted octanol–water partition coefficient (Wildman–Crippen LogP) is 7.95. The minimum absolute atomic E-state index is 0.471. The van der Waals surface area contributed by atoms with E-state index in [2.05, 4.69) is 121 Å². The highest BCUT2D eigenvalue weighted by atomic mass is 16.5. The minimum atomic E-state index is -0.471. The average Bonchev–Trinajstić information content (AvgIpc) is 3.41. The molecule has 0 aromatic heterocycles. The van der Waals surface area contributed by atoms with Crippen molar-refractivity contribution >= 4 is 0 Å². The summed E-state index contributed by atoms with van der Waals surface area (Å²) < 4.78 is 23.5. The molecule has 2 N–H and O–H groups in total. The maximum Gasteiger partial charge on any atom is 0.119 e. The molecule has 0 aliphatic heterocycles. The highest BCUT2D eigenvalue weighted by Crippen LogP contribution is 2.56. The topological polar surface area (TPSA) is 61.0 Å². The van der Waals surface area contributed by atoms with Crippen molar-refractivity contribution in [3.63, 3.8) is 0 Å². The molecule has 6 nitrogen and oxygen atoms in total. The zero-order valence-electron chi connectivity index (χ0n) is 29.3. The van der Waals surface area contributed by atoms with Gasteiger partial charge in [0.25, 0.3) is 0 Å². The van der Waals surface area contributed by atoms with Crippen LogP contribution in [0.25, 0.3) is 11.1 Å². The third-order valence-corrected chi connectivity index (χ3v) is 8.81. The van der Waals surface area contributed by atoms with E-state index in [0.717, 1.165) is 74.9 Å². The number of rotatable bonds is 22. The Hall–Kier alpha value is -4.20. The number of nitrogens with one attached hydrogen (secondary N) is 2. The van der Waals surface area contributed by atoms with Gasteiger partial charge in [0, 0.05) is 26.2 Å². The molecule has 0 atom stereocenters. The van der Waals surface area contributed by atoms with E-state index >= 15 is 0 Å². The van der Waals surface area contributed by atoms with Crippen molar-refractivity contribution in [1.82, 2.24) is 10.6 Å². The fourth-order valence-corrected chi connectivity index (χ4v) is 6.34. The average molecular weight is 661 g/mol. The molecule has 0 saturated carbocycles. The maximum atomic E-state index is 6.12. The van der Waals surface area contributed by atoms with Gasteiger partial charge >= 0.3 is 0 Å². The molecule has 4 aromatic carbocycles. The Morgan fingerprint density at radius 1 is 0.510 bits per heavy atom. The lowest BCUT2D eigenvalue weighted by Gasteiger charge is -2.34. The highest BCUT2D eigenvalue weighted by molar-refractivity contribution is 5.86. The molecule has 49 heavy (non-hydrogen) atoms. The molecule has 0 spiro atoms. The van der Waals surface area contributed by atoms with Gasteiger partial charge in [-0.25, -0.2) is 0 Å². The van der Waals surface area contributed by atoms with E-state index in [-0.39, 0.29) is 0 Å². The van der Waals surface area contributed by atoms with Crippen LogP contribution in [0, 0.1) is 0 Å². The Bertz CT molecular complexity index is 1510. The first kappa shape index (κ1) is 36.1. The summed E-state index contributed by atoms with van der Waals surface area (Å²) in [7, 11) is 0. The lowest BCUT2D eigenvalue weighted by Crippen LogP contribution is -2.28. The second-order valence-electron chi connectivity index (χ2n) is 12.7. The van der Waals surface area contributed by atoms with Gasteiger partial charge < -0.3 is 29.6 Å². The van der Waals surface area contributed by atoms with Gasteiger partial charge in [0.2, 0.25) is 0 Å². The molecule has 6 heteroatoms. The third-order valence-electron chi connectivity index (χ3n) is 8.81. The van der Waals surface area contributed by atoms with Crippen LogP contribution >= 0.6 is 0 Å². The molecule has 1 aliphatic carbocycles. The van der Waals surface area contributed by atoms with Gasteiger partial charge in [-0.3, -0.25) is 0 Å². The van der Waals surface area contributed by atoms with Crippen molar-refractivity contribution in [2.75, 3.05) is 65.8 Å². The normalized spacial score (nSPS) is 12.7. The fraction of sp³-hybridized carbons (Fsp3) is 0.349. The molecule has 0 heterocycles. The van der Waals surface area contributed by atoms with E-state index in [1.807, 2.05) is 13.8 Å². The van der Waals surface area contributed by atoms with E-state index in [0.29, 0.717) is 26.4 Å². The quantitative estimate of drug-likeness (QED) is 0.0581. The summed E-state index contributed by atoms with van der Waals surface area (Å²) >= 11 is 0. The number of ether oxygens (including phenoxy) is 4. The van der Waals surface area contributed by atoms with Crippen molar-refractivity contribution in [3.05, 3.63) is 144 Å². The Labute approximate surface area is 293 Å². The summed E-state index contributed by atoms with van der Waals surface area (Å²) in [5.74, 6) is 1.71. The Kier molecular flexibility index (Phi) is 13.6. The van der Waals surface area contributed by atoms with Crippen LogP contribution < -0.4 is 20.1 Å². The van der Waals surface area contributed by atoms with E-state index in [9.17, 15) is 0 Å². The Morgan fingerprint density at radius 2 is 0.898 bits per heavy atom. The van der Waals surface area contributed by atoms with Gasteiger partial charge in [0.1, 0.15) is 24.7 Å². The first-order chi connectivity index (χ1) is 24.0. The molecule has 258 valence electrons. The molecule has 4 aromatic rings. The van der Waals surface area contributed by atoms with E-state index in [1.165, 1.54) is 33.4 Å². The van der Waals surface area contributed by atoms with Gasteiger partial charge in [0.05, 0.1) is 31.8 Å². The van der Waals surface area contributed by atoms with Crippen LogP contribution in [0.1, 0.15) is 48.9 Å². The summed E-state index contributed by atoms with van der Waals surface area (Å²) in [4.78, 5) is 0. The summed E-state index contributed by atoms with van der Waals surface area (Å²) in [6, 6.07) is 34.8. The van der Waals surface area contributed by atoms with Crippen LogP contribution in [-0.4, -0.2) is 65.8 Å². The van der Waals surface area contributed by atoms with Crippen LogP contribution in [0.5, 0.6) is 11.5 Å². The van der Waals surface area contributed by atoms with Crippen LogP contribution in [-0.2, 0) is 14.9 Å². The van der Waals surface area contributed by atoms with Crippen molar-refractivity contribution in [2.45, 2.75) is 32.1 Å². The third kappa shape index (κ3) is 9.49. The fourth-order valence-electron chi connectivity index (χ4n) is 6.34. The summed E-state index contributed by atoms with van der Waals surface area (Å²) in [6.45, 7) is 19.0. The van der Waals surface area contributed by atoms with Crippen molar-refractivity contribution < 1.29 is 18.9 Å². The van der Waals surface area contributed by atoms with Crippen molar-refractivity contribution in [3.8, 4) is 22.6 Å². The van der Waals surface area contributed by atoms with Crippen LogP contribution in [0.3, 0.4) is 0 Å². The molecule has 0 amide bonds. The predicted molar refractivity (Wildman–Crippen MR) is 201 cm³/mol. The van der Waals surface area contributed by atoms with E-state index in [1.54, 1.807) is 0 Å². The molecule has 1 aliphatic rings.